The van der Waals surface area contributed by atoms with Gasteiger partial charge in [0.2, 0.25) is 0 Å². The summed E-state index contributed by atoms with van der Waals surface area (Å²) >= 11 is 0. The fourth-order valence-corrected chi connectivity index (χ4v) is 2.03. The van der Waals surface area contributed by atoms with Gasteiger partial charge >= 0.3 is 0 Å². The maximum Gasteiger partial charge on any atom is 0.258 e. The van der Waals surface area contributed by atoms with Gasteiger partial charge in [-0.15, -0.1) is 0 Å². The molecule has 2 rings (SSSR count). The number of aromatic nitrogens is 3. The minimum Gasteiger partial charge on any atom is -0.396 e. The van der Waals surface area contributed by atoms with Crippen LogP contribution in [-0.4, -0.2) is 51.6 Å². The molecule has 2 aromatic heterocycles. The van der Waals surface area contributed by atoms with E-state index in [4.69, 9.17) is 9.63 Å². The van der Waals surface area contributed by atoms with Crippen molar-refractivity contribution in [3.05, 3.63) is 24.2 Å². The molecule has 0 saturated carbocycles. The summed E-state index contributed by atoms with van der Waals surface area (Å²) in [5, 5.41) is 22.1. The lowest BCUT2D eigenvalue weighted by atomic mass is 10.2. The van der Waals surface area contributed by atoms with Crippen molar-refractivity contribution in [2.45, 2.75) is 26.2 Å². The minimum absolute atomic E-state index is 0.0232. The molecular weight excluding hydrogens is 284 g/mol. The van der Waals surface area contributed by atoms with Crippen molar-refractivity contribution in [3.8, 4) is 11.5 Å². The first-order valence-corrected chi connectivity index (χ1v) is 7.42. The predicted molar refractivity (Wildman–Crippen MR) is 82.6 cm³/mol. The second-order valence-electron chi connectivity index (χ2n) is 5.30. The van der Waals surface area contributed by atoms with Gasteiger partial charge in [0.25, 0.3) is 5.89 Å². The van der Waals surface area contributed by atoms with Gasteiger partial charge in [0.05, 0.1) is 6.61 Å². The molecule has 0 unspecified atom stereocenters. The van der Waals surface area contributed by atoms with E-state index in [2.05, 4.69) is 15.1 Å². The Morgan fingerprint density at radius 3 is 2.68 bits per heavy atom. The molecule has 22 heavy (non-hydrogen) atoms. The van der Waals surface area contributed by atoms with Gasteiger partial charge in [0.1, 0.15) is 5.82 Å². The molecule has 0 aromatic carbocycles. The molecule has 0 amide bonds. The fourth-order valence-electron chi connectivity index (χ4n) is 2.03. The second kappa shape index (κ2) is 7.86. The number of nitrogens with zero attached hydrogens (tertiary/aromatic N) is 4. The van der Waals surface area contributed by atoms with Crippen LogP contribution in [0.3, 0.4) is 0 Å². The Kier molecular flexibility index (Phi) is 5.85. The van der Waals surface area contributed by atoms with E-state index < -0.39 is 0 Å². The van der Waals surface area contributed by atoms with Gasteiger partial charge in [-0.2, -0.15) is 4.98 Å². The highest BCUT2D eigenvalue weighted by Crippen LogP contribution is 2.23. The molecule has 2 aromatic rings. The van der Waals surface area contributed by atoms with Crippen molar-refractivity contribution in [2.24, 2.45) is 0 Å². The molecule has 0 aliphatic heterocycles. The molecule has 0 aliphatic carbocycles. The lowest BCUT2D eigenvalue weighted by molar-refractivity contribution is 0.281. The van der Waals surface area contributed by atoms with Gasteiger partial charge < -0.3 is 19.6 Å². The van der Waals surface area contributed by atoms with Crippen molar-refractivity contribution in [1.29, 1.82) is 0 Å². The number of aliphatic hydroxyl groups is 2. The lowest BCUT2D eigenvalue weighted by Gasteiger charge is -2.22. The first kappa shape index (κ1) is 16.4. The third kappa shape index (κ3) is 4.02. The van der Waals surface area contributed by atoms with Crippen LogP contribution < -0.4 is 4.90 Å². The first-order chi connectivity index (χ1) is 10.7. The Morgan fingerprint density at radius 2 is 2.05 bits per heavy atom. The van der Waals surface area contributed by atoms with Crippen LogP contribution >= 0.6 is 0 Å². The molecule has 7 heteroatoms. The molecule has 7 nitrogen and oxygen atoms in total. The van der Waals surface area contributed by atoms with Crippen LogP contribution in [0, 0.1) is 0 Å². The van der Waals surface area contributed by atoms with E-state index in [1.807, 2.05) is 30.9 Å². The van der Waals surface area contributed by atoms with E-state index in [0.717, 1.165) is 5.56 Å². The summed E-state index contributed by atoms with van der Waals surface area (Å²) in [6, 6.07) is 3.66. The van der Waals surface area contributed by atoms with E-state index in [-0.39, 0.29) is 19.1 Å². The SMILES string of the molecule is CC(C)c1noc(-c2ccnc(N(CCO)CCCO)c2)n1. The van der Waals surface area contributed by atoms with E-state index in [9.17, 15) is 5.11 Å². The summed E-state index contributed by atoms with van der Waals surface area (Å²) in [7, 11) is 0. The molecular formula is C15H22N4O3. The summed E-state index contributed by atoms with van der Waals surface area (Å²) in [5.74, 6) is 2.04. The van der Waals surface area contributed by atoms with E-state index in [1.165, 1.54) is 0 Å². The van der Waals surface area contributed by atoms with Gasteiger partial charge in [-0.25, -0.2) is 4.98 Å². The van der Waals surface area contributed by atoms with Crippen LogP contribution in [-0.2, 0) is 0 Å². The molecule has 0 fully saturated rings. The van der Waals surface area contributed by atoms with Crippen molar-refractivity contribution in [1.82, 2.24) is 15.1 Å². The Labute approximate surface area is 129 Å². The zero-order valence-electron chi connectivity index (χ0n) is 12.9. The van der Waals surface area contributed by atoms with Crippen LogP contribution in [0.2, 0.25) is 0 Å². The minimum atomic E-state index is 0.0232. The standard InChI is InChI=1S/C15H22N4O3/c1-11(2)14-17-15(22-18-14)12-4-5-16-13(10-12)19(7-9-21)6-3-8-20/h4-5,10-11,20-21H,3,6-9H2,1-2H3. The van der Waals surface area contributed by atoms with Crippen molar-refractivity contribution in [2.75, 3.05) is 31.2 Å². The number of hydrogen-bond acceptors (Lipinski definition) is 7. The highest BCUT2D eigenvalue weighted by molar-refractivity contribution is 5.58. The molecule has 120 valence electrons. The number of hydrogen-bond donors (Lipinski definition) is 2. The number of aliphatic hydroxyl groups excluding tert-OH is 2. The fraction of sp³-hybridized carbons (Fsp3) is 0.533. The highest BCUT2D eigenvalue weighted by atomic mass is 16.5. The maximum absolute atomic E-state index is 9.18. The Morgan fingerprint density at radius 1 is 1.23 bits per heavy atom. The molecule has 0 aliphatic rings. The monoisotopic (exact) mass is 306 g/mol. The average molecular weight is 306 g/mol. The summed E-state index contributed by atoms with van der Waals surface area (Å²) in [5.41, 5.74) is 0.788. The quantitative estimate of drug-likeness (QED) is 0.761. The Balaban J connectivity index is 2.23. The Hall–Kier alpha value is -1.99. The first-order valence-electron chi connectivity index (χ1n) is 7.42. The third-order valence-electron chi connectivity index (χ3n) is 3.23. The van der Waals surface area contributed by atoms with Crippen LogP contribution in [0.25, 0.3) is 11.5 Å². The molecule has 2 heterocycles. The van der Waals surface area contributed by atoms with Crippen LogP contribution in [0.1, 0.15) is 32.0 Å². The number of anilines is 1. The third-order valence-corrected chi connectivity index (χ3v) is 3.23. The maximum atomic E-state index is 9.18. The lowest BCUT2D eigenvalue weighted by Crippen LogP contribution is -2.29. The molecule has 0 atom stereocenters. The predicted octanol–water partition coefficient (Wildman–Crippen LogP) is 1.44. The summed E-state index contributed by atoms with van der Waals surface area (Å²) in [4.78, 5) is 10.6. The van der Waals surface area contributed by atoms with Crippen molar-refractivity contribution < 1.29 is 14.7 Å². The van der Waals surface area contributed by atoms with Gasteiger partial charge in [0.15, 0.2) is 5.82 Å². The normalized spacial score (nSPS) is 11.1. The number of pyridine rings is 1. The molecule has 0 bridgehead atoms. The molecule has 0 radical (unpaired) electrons. The van der Waals surface area contributed by atoms with E-state index in [1.54, 1.807) is 6.20 Å². The van der Waals surface area contributed by atoms with Crippen molar-refractivity contribution in [3.63, 3.8) is 0 Å². The van der Waals surface area contributed by atoms with E-state index >= 15 is 0 Å². The average Bonchev–Trinajstić information content (AvgIpc) is 3.02. The summed E-state index contributed by atoms with van der Waals surface area (Å²) < 4.78 is 5.29. The highest BCUT2D eigenvalue weighted by Gasteiger charge is 2.14. The van der Waals surface area contributed by atoms with Gasteiger partial charge in [-0.1, -0.05) is 19.0 Å². The van der Waals surface area contributed by atoms with Crippen LogP contribution in [0.15, 0.2) is 22.9 Å². The van der Waals surface area contributed by atoms with Crippen LogP contribution in [0.5, 0.6) is 0 Å². The zero-order valence-corrected chi connectivity index (χ0v) is 12.9. The zero-order chi connectivity index (χ0) is 15.9. The topological polar surface area (TPSA) is 95.5 Å². The smallest absolute Gasteiger partial charge is 0.258 e. The largest absolute Gasteiger partial charge is 0.396 e. The molecule has 0 spiro atoms. The van der Waals surface area contributed by atoms with Gasteiger partial charge in [-0.3, -0.25) is 0 Å². The molecule has 0 saturated heterocycles. The van der Waals surface area contributed by atoms with E-state index in [0.29, 0.717) is 37.0 Å². The van der Waals surface area contributed by atoms with Gasteiger partial charge in [0, 0.05) is 37.4 Å². The summed E-state index contributed by atoms with van der Waals surface area (Å²) in [6.45, 7) is 5.21. The molecule has 2 N–H and O–H groups in total. The van der Waals surface area contributed by atoms with Crippen LogP contribution in [0.4, 0.5) is 5.82 Å². The second-order valence-corrected chi connectivity index (χ2v) is 5.30. The van der Waals surface area contributed by atoms with Gasteiger partial charge in [-0.05, 0) is 18.6 Å². The Bertz CT molecular complexity index is 586. The van der Waals surface area contributed by atoms with Crippen molar-refractivity contribution >= 4 is 5.82 Å². The summed E-state index contributed by atoms with van der Waals surface area (Å²) in [6.07, 6.45) is 2.29. The number of rotatable bonds is 8.